The summed E-state index contributed by atoms with van der Waals surface area (Å²) in [7, 11) is 0. The molecule has 0 aliphatic rings. The van der Waals surface area contributed by atoms with Crippen LogP contribution < -0.4 is 0 Å². The Hall–Kier alpha value is -1.31. The minimum atomic E-state index is -0.725. The zero-order chi connectivity index (χ0) is 16.3. The Balaban J connectivity index is 3.29. The molecular formula is C20H34O2. The van der Waals surface area contributed by atoms with Crippen LogP contribution in [0.1, 0.15) is 84.0 Å². The van der Waals surface area contributed by atoms with Gasteiger partial charge in [-0.15, -0.1) is 0 Å². The lowest BCUT2D eigenvalue weighted by Gasteiger charge is -1.97. The molecule has 0 aromatic carbocycles. The fourth-order valence-electron chi connectivity index (χ4n) is 2.18. The van der Waals surface area contributed by atoms with E-state index in [0.29, 0.717) is 6.42 Å². The van der Waals surface area contributed by atoms with Gasteiger partial charge in [0.2, 0.25) is 0 Å². The van der Waals surface area contributed by atoms with E-state index in [-0.39, 0.29) is 6.42 Å². The van der Waals surface area contributed by atoms with Gasteiger partial charge in [0, 0.05) is 6.42 Å². The summed E-state index contributed by atoms with van der Waals surface area (Å²) < 4.78 is 0. The first-order valence-electron chi connectivity index (χ1n) is 8.94. The van der Waals surface area contributed by atoms with Gasteiger partial charge in [0.15, 0.2) is 0 Å². The van der Waals surface area contributed by atoms with Crippen molar-refractivity contribution in [3.05, 3.63) is 36.5 Å². The lowest BCUT2D eigenvalue weighted by atomic mass is 10.1. The molecule has 0 unspecified atom stereocenters. The van der Waals surface area contributed by atoms with E-state index in [1.54, 1.807) is 0 Å². The predicted molar refractivity (Wildman–Crippen MR) is 96.1 cm³/mol. The number of hydrogen-bond donors (Lipinski definition) is 1. The molecule has 0 amide bonds. The third-order valence-electron chi connectivity index (χ3n) is 3.52. The average Bonchev–Trinajstić information content (AvgIpc) is 2.50. The largest absolute Gasteiger partial charge is 0.481 e. The van der Waals surface area contributed by atoms with Crippen LogP contribution in [0.15, 0.2) is 36.5 Å². The second-order valence-corrected chi connectivity index (χ2v) is 5.72. The van der Waals surface area contributed by atoms with Crippen LogP contribution in [0.4, 0.5) is 0 Å². The number of allylic oxidation sites excluding steroid dienone is 6. The first kappa shape index (κ1) is 20.7. The highest BCUT2D eigenvalue weighted by Crippen LogP contribution is 2.07. The quantitative estimate of drug-likeness (QED) is 0.279. The molecule has 0 rings (SSSR count). The number of carbonyl (C=O) groups is 1. The second-order valence-electron chi connectivity index (χ2n) is 5.72. The van der Waals surface area contributed by atoms with Crippen molar-refractivity contribution in [1.29, 1.82) is 0 Å². The van der Waals surface area contributed by atoms with Crippen LogP contribution in [-0.2, 0) is 4.79 Å². The van der Waals surface area contributed by atoms with Gasteiger partial charge in [-0.3, -0.25) is 4.79 Å². The fourth-order valence-corrected chi connectivity index (χ4v) is 2.18. The molecule has 22 heavy (non-hydrogen) atoms. The molecule has 126 valence electrons. The molecule has 0 aromatic rings. The molecule has 0 spiro atoms. The maximum Gasteiger partial charge on any atom is 0.303 e. The molecule has 2 nitrogen and oxygen atoms in total. The zero-order valence-electron chi connectivity index (χ0n) is 14.3. The van der Waals surface area contributed by atoms with E-state index in [1.165, 1.54) is 44.9 Å². The normalized spacial score (nSPS) is 12.0. The Labute approximate surface area is 137 Å². The number of hydrogen-bond acceptors (Lipinski definition) is 1. The van der Waals surface area contributed by atoms with E-state index in [0.717, 1.165) is 19.3 Å². The van der Waals surface area contributed by atoms with Gasteiger partial charge < -0.3 is 5.11 Å². The molecular weight excluding hydrogens is 272 g/mol. The van der Waals surface area contributed by atoms with Gasteiger partial charge in [-0.2, -0.15) is 0 Å². The van der Waals surface area contributed by atoms with Gasteiger partial charge in [-0.05, 0) is 38.5 Å². The molecule has 1 N–H and O–H groups in total. The molecule has 2 heteroatoms. The van der Waals surface area contributed by atoms with Crippen molar-refractivity contribution in [2.45, 2.75) is 84.0 Å². The van der Waals surface area contributed by atoms with E-state index in [2.05, 4.69) is 37.3 Å². The maximum absolute atomic E-state index is 10.3. The van der Waals surface area contributed by atoms with Gasteiger partial charge >= 0.3 is 5.97 Å². The minimum Gasteiger partial charge on any atom is -0.481 e. The summed E-state index contributed by atoms with van der Waals surface area (Å²) in [4.78, 5) is 10.3. The summed E-state index contributed by atoms with van der Waals surface area (Å²) in [5.41, 5.74) is 0. The SMILES string of the molecule is CCCCCCCCC=CCC=CCCC=CCCC(=O)O. The van der Waals surface area contributed by atoms with Crippen molar-refractivity contribution >= 4 is 5.97 Å². The third-order valence-corrected chi connectivity index (χ3v) is 3.52. The fraction of sp³-hybridized carbons (Fsp3) is 0.650. The smallest absolute Gasteiger partial charge is 0.303 e. The predicted octanol–water partition coefficient (Wildman–Crippen LogP) is 6.44. The standard InChI is InChI=1S/C20H34O2/c1-2-3-4-5-6-7-8-9-10-11-12-13-14-15-16-17-18-19-20(21)22/h9-10,12-13,16-17H,2-8,11,14-15,18-19H2,1H3,(H,21,22). The molecule has 0 aliphatic carbocycles. The lowest BCUT2D eigenvalue weighted by molar-refractivity contribution is -0.136. The van der Waals surface area contributed by atoms with Crippen molar-refractivity contribution < 1.29 is 9.90 Å². The minimum absolute atomic E-state index is 0.232. The Morgan fingerprint density at radius 1 is 0.727 bits per heavy atom. The Bertz CT molecular complexity index is 327. The number of aliphatic carboxylic acids is 1. The molecule has 0 saturated carbocycles. The topological polar surface area (TPSA) is 37.3 Å². The first-order valence-corrected chi connectivity index (χ1v) is 8.94. The van der Waals surface area contributed by atoms with Crippen LogP contribution in [0, 0.1) is 0 Å². The van der Waals surface area contributed by atoms with Crippen LogP contribution in [-0.4, -0.2) is 11.1 Å². The molecule has 0 bridgehead atoms. The van der Waals surface area contributed by atoms with E-state index in [9.17, 15) is 4.79 Å². The van der Waals surface area contributed by atoms with Crippen LogP contribution in [0.3, 0.4) is 0 Å². The van der Waals surface area contributed by atoms with Gasteiger partial charge in [-0.25, -0.2) is 0 Å². The summed E-state index contributed by atoms with van der Waals surface area (Å²) in [6.45, 7) is 2.26. The van der Waals surface area contributed by atoms with Crippen LogP contribution in [0.25, 0.3) is 0 Å². The van der Waals surface area contributed by atoms with Crippen LogP contribution in [0.2, 0.25) is 0 Å². The van der Waals surface area contributed by atoms with Crippen molar-refractivity contribution in [1.82, 2.24) is 0 Å². The van der Waals surface area contributed by atoms with Crippen molar-refractivity contribution in [3.63, 3.8) is 0 Å². The molecule has 0 aliphatic heterocycles. The maximum atomic E-state index is 10.3. The monoisotopic (exact) mass is 306 g/mol. The molecule has 0 heterocycles. The van der Waals surface area contributed by atoms with E-state index < -0.39 is 5.97 Å². The number of carboxylic acids is 1. The van der Waals surface area contributed by atoms with Crippen molar-refractivity contribution in [2.75, 3.05) is 0 Å². The first-order chi connectivity index (χ1) is 10.8. The number of unbranched alkanes of at least 4 members (excludes halogenated alkanes) is 7. The van der Waals surface area contributed by atoms with Crippen molar-refractivity contribution in [2.24, 2.45) is 0 Å². The highest BCUT2D eigenvalue weighted by atomic mass is 16.4. The van der Waals surface area contributed by atoms with E-state index >= 15 is 0 Å². The third kappa shape index (κ3) is 18.7. The molecule has 0 saturated heterocycles. The van der Waals surface area contributed by atoms with Gasteiger partial charge in [-0.1, -0.05) is 75.5 Å². The van der Waals surface area contributed by atoms with Gasteiger partial charge in [0.05, 0.1) is 0 Å². The average molecular weight is 306 g/mol. The summed E-state index contributed by atoms with van der Waals surface area (Å²) in [6, 6.07) is 0. The van der Waals surface area contributed by atoms with Crippen molar-refractivity contribution in [3.8, 4) is 0 Å². The number of rotatable bonds is 15. The van der Waals surface area contributed by atoms with Gasteiger partial charge in [0.1, 0.15) is 0 Å². The highest BCUT2D eigenvalue weighted by Gasteiger charge is 1.91. The van der Waals surface area contributed by atoms with Crippen LogP contribution >= 0.6 is 0 Å². The summed E-state index contributed by atoms with van der Waals surface area (Å²) >= 11 is 0. The highest BCUT2D eigenvalue weighted by molar-refractivity contribution is 5.66. The second kappa shape index (κ2) is 17.7. The van der Waals surface area contributed by atoms with E-state index in [1.807, 2.05) is 6.08 Å². The van der Waals surface area contributed by atoms with Gasteiger partial charge in [0.25, 0.3) is 0 Å². The lowest BCUT2D eigenvalue weighted by Crippen LogP contribution is -1.91. The Kier molecular flexibility index (Phi) is 16.7. The molecule has 0 radical (unpaired) electrons. The Morgan fingerprint density at radius 3 is 1.95 bits per heavy atom. The zero-order valence-corrected chi connectivity index (χ0v) is 14.3. The summed E-state index contributed by atoms with van der Waals surface area (Å²) in [5.74, 6) is -0.725. The summed E-state index contributed by atoms with van der Waals surface area (Å²) in [6.07, 6.45) is 26.3. The van der Waals surface area contributed by atoms with E-state index in [4.69, 9.17) is 5.11 Å². The van der Waals surface area contributed by atoms with Crippen LogP contribution in [0.5, 0.6) is 0 Å². The Morgan fingerprint density at radius 2 is 1.27 bits per heavy atom. The molecule has 0 fully saturated rings. The molecule has 0 atom stereocenters. The summed E-state index contributed by atoms with van der Waals surface area (Å²) in [5, 5.41) is 8.49. The number of carboxylic acid groups (broad SMARTS) is 1. The molecule has 0 aromatic heterocycles.